The first-order chi connectivity index (χ1) is 9.20. The number of anilines is 1. The Labute approximate surface area is 127 Å². The number of nitrogen functional groups attached to an aromatic ring is 1. The van der Waals surface area contributed by atoms with E-state index < -0.39 is 5.82 Å². The fourth-order valence-corrected chi connectivity index (χ4v) is 2.36. The van der Waals surface area contributed by atoms with Gasteiger partial charge in [-0.1, -0.05) is 50.0 Å². The lowest BCUT2D eigenvalue weighted by Gasteiger charge is -2.16. The highest BCUT2D eigenvalue weighted by atomic mass is 35.5. The van der Waals surface area contributed by atoms with E-state index >= 15 is 0 Å². The van der Waals surface area contributed by atoms with Crippen molar-refractivity contribution >= 4 is 29.0 Å². The first-order valence-corrected chi connectivity index (χ1v) is 6.93. The van der Waals surface area contributed by atoms with Crippen molar-refractivity contribution in [2.75, 3.05) is 5.73 Å². The van der Waals surface area contributed by atoms with E-state index in [0.29, 0.717) is 17.1 Å². The van der Waals surface area contributed by atoms with Gasteiger partial charge in [-0.2, -0.15) is 5.10 Å². The predicted octanol–water partition coefficient (Wildman–Crippen LogP) is 4.49. The Hall–Kier alpha value is -1.26. The fraction of sp³-hybridized carbons (Fsp3) is 0.357. The highest BCUT2D eigenvalue weighted by Crippen LogP contribution is 2.33. The number of para-hydroxylation sites is 1. The molecular weight excluding hydrogens is 300 g/mol. The smallest absolute Gasteiger partial charge is 0.150 e. The Morgan fingerprint density at radius 2 is 1.95 bits per heavy atom. The van der Waals surface area contributed by atoms with Gasteiger partial charge < -0.3 is 5.73 Å². The van der Waals surface area contributed by atoms with Gasteiger partial charge in [-0.05, 0) is 24.0 Å². The van der Waals surface area contributed by atoms with Crippen LogP contribution in [0.4, 0.5) is 10.2 Å². The molecule has 0 spiro atoms. The second-order valence-electron chi connectivity index (χ2n) is 5.87. The van der Waals surface area contributed by atoms with Crippen molar-refractivity contribution < 1.29 is 4.39 Å². The molecule has 0 amide bonds. The molecular formula is C14H16Cl2FN3. The lowest BCUT2D eigenvalue weighted by atomic mass is 9.91. The molecule has 6 heteroatoms. The second-order valence-corrected chi connectivity index (χ2v) is 6.65. The van der Waals surface area contributed by atoms with Crippen molar-refractivity contribution in [1.29, 1.82) is 0 Å². The monoisotopic (exact) mass is 315 g/mol. The average Bonchev–Trinajstić information content (AvgIpc) is 2.56. The van der Waals surface area contributed by atoms with Gasteiger partial charge in [0.2, 0.25) is 0 Å². The summed E-state index contributed by atoms with van der Waals surface area (Å²) in [5, 5.41) is 4.90. The number of hydrogen-bond acceptors (Lipinski definition) is 2. The van der Waals surface area contributed by atoms with Crippen molar-refractivity contribution in [3.05, 3.63) is 39.8 Å². The number of rotatable bonds is 2. The largest absolute Gasteiger partial charge is 0.382 e. The van der Waals surface area contributed by atoms with E-state index in [-0.39, 0.29) is 21.9 Å². The van der Waals surface area contributed by atoms with E-state index in [1.54, 1.807) is 6.07 Å². The summed E-state index contributed by atoms with van der Waals surface area (Å²) in [5.74, 6) is -0.302. The predicted molar refractivity (Wildman–Crippen MR) is 81.1 cm³/mol. The lowest BCUT2D eigenvalue weighted by Crippen LogP contribution is -2.10. The zero-order valence-corrected chi connectivity index (χ0v) is 13.1. The third kappa shape index (κ3) is 2.91. The molecule has 108 valence electrons. The molecule has 1 aromatic carbocycles. The van der Waals surface area contributed by atoms with Crippen LogP contribution in [0, 0.1) is 11.2 Å². The zero-order chi connectivity index (χ0) is 15.1. The Bertz CT molecular complexity index is 624. The number of nitrogens with two attached hydrogens (primary N) is 1. The first kappa shape index (κ1) is 15.1. The molecule has 2 N–H and O–H groups in total. The van der Waals surface area contributed by atoms with Crippen LogP contribution in [-0.4, -0.2) is 9.78 Å². The Balaban J connectivity index is 2.57. The zero-order valence-electron chi connectivity index (χ0n) is 11.5. The summed E-state index contributed by atoms with van der Waals surface area (Å²) < 4.78 is 15.2. The van der Waals surface area contributed by atoms with Gasteiger partial charge in [0.15, 0.2) is 0 Å². The van der Waals surface area contributed by atoms with E-state index in [9.17, 15) is 4.39 Å². The van der Waals surface area contributed by atoms with Crippen LogP contribution in [0.3, 0.4) is 0 Å². The highest BCUT2D eigenvalue weighted by Gasteiger charge is 2.22. The molecule has 0 atom stereocenters. The maximum absolute atomic E-state index is 14.0. The number of hydrogen-bond donors (Lipinski definition) is 1. The van der Waals surface area contributed by atoms with Crippen LogP contribution in [0.2, 0.25) is 10.0 Å². The Kier molecular flexibility index (Phi) is 3.98. The molecule has 0 aliphatic heterocycles. The molecule has 0 aliphatic carbocycles. The molecule has 2 rings (SSSR count). The molecule has 0 radical (unpaired) electrons. The summed E-state index contributed by atoms with van der Waals surface area (Å²) in [6.45, 7) is 6.19. The number of aromatic nitrogens is 2. The van der Waals surface area contributed by atoms with Gasteiger partial charge in [0, 0.05) is 0 Å². The van der Waals surface area contributed by atoms with Crippen LogP contribution >= 0.6 is 23.2 Å². The average molecular weight is 316 g/mol. The van der Waals surface area contributed by atoms with Crippen molar-refractivity contribution in [3.8, 4) is 5.69 Å². The number of nitrogens with zero attached hydrogens (tertiary/aromatic N) is 2. The molecule has 2 aromatic rings. The van der Waals surface area contributed by atoms with Crippen LogP contribution < -0.4 is 5.73 Å². The maximum atomic E-state index is 14.0. The van der Waals surface area contributed by atoms with E-state index in [4.69, 9.17) is 28.9 Å². The van der Waals surface area contributed by atoms with Crippen LogP contribution in [0.5, 0.6) is 0 Å². The lowest BCUT2D eigenvalue weighted by molar-refractivity contribution is 0.405. The minimum absolute atomic E-state index is 0.00566. The molecule has 1 heterocycles. The number of benzene rings is 1. The van der Waals surface area contributed by atoms with Crippen molar-refractivity contribution in [3.63, 3.8) is 0 Å². The molecule has 0 fully saturated rings. The van der Waals surface area contributed by atoms with Gasteiger partial charge in [-0.15, -0.1) is 0 Å². The quantitative estimate of drug-likeness (QED) is 0.887. The van der Waals surface area contributed by atoms with Gasteiger partial charge in [0.25, 0.3) is 0 Å². The third-order valence-electron chi connectivity index (χ3n) is 2.77. The normalized spacial score (nSPS) is 11.9. The van der Waals surface area contributed by atoms with Crippen molar-refractivity contribution in [1.82, 2.24) is 9.78 Å². The fourth-order valence-electron chi connectivity index (χ4n) is 1.94. The second kappa shape index (κ2) is 5.26. The van der Waals surface area contributed by atoms with Gasteiger partial charge in [0.05, 0.1) is 10.7 Å². The molecule has 20 heavy (non-hydrogen) atoms. The van der Waals surface area contributed by atoms with Gasteiger partial charge in [0.1, 0.15) is 22.3 Å². The van der Waals surface area contributed by atoms with Crippen molar-refractivity contribution in [2.24, 2.45) is 5.41 Å². The van der Waals surface area contributed by atoms with Gasteiger partial charge >= 0.3 is 0 Å². The van der Waals surface area contributed by atoms with Crippen LogP contribution in [0.25, 0.3) is 5.69 Å². The van der Waals surface area contributed by atoms with Crippen molar-refractivity contribution in [2.45, 2.75) is 27.2 Å². The summed E-state index contributed by atoms with van der Waals surface area (Å²) >= 11 is 12.2. The molecule has 0 aliphatic rings. The standard InChI is InChI=1S/C14H16Cl2FN3/c1-14(2,3)7-10-11(16)13(18)20(19-10)12-8(15)5-4-6-9(12)17/h4-6H,7,18H2,1-3H3. The van der Waals surface area contributed by atoms with E-state index in [1.807, 2.05) is 0 Å². The summed E-state index contributed by atoms with van der Waals surface area (Å²) in [5.41, 5.74) is 6.68. The van der Waals surface area contributed by atoms with E-state index in [1.165, 1.54) is 16.8 Å². The first-order valence-electron chi connectivity index (χ1n) is 6.18. The Morgan fingerprint density at radius 1 is 1.30 bits per heavy atom. The summed E-state index contributed by atoms with van der Waals surface area (Å²) in [6, 6.07) is 4.41. The third-order valence-corrected chi connectivity index (χ3v) is 3.49. The van der Waals surface area contributed by atoms with Crippen LogP contribution in [0.15, 0.2) is 18.2 Å². The van der Waals surface area contributed by atoms with Crippen LogP contribution in [-0.2, 0) is 6.42 Å². The minimum atomic E-state index is -0.495. The molecule has 0 saturated carbocycles. The summed E-state index contributed by atoms with van der Waals surface area (Å²) in [7, 11) is 0. The van der Waals surface area contributed by atoms with Gasteiger partial charge in [-0.25, -0.2) is 9.07 Å². The molecule has 0 saturated heterocycles. The molecule has 1 aromatic heterocycles. The molecule has 3 nitrogen and oxygen atoms in total. The highest BCUT2D eigenvalue weighted by molar-refractivity contribution is 6.34. The maximum Gasteiger partial charge on any atom is 0.150 e. The van der Waals surface area contributed by atoms with E-state index in [2.05, 4.69) is 25.9 Å². The molecule has 0 bridgehead atoms. The summed E-state index contributed by atoms with van der Waals surface area (Å²) in [4.78, 5) is 0. The topological polar surface area (TPSA) is 43.8 Å². The number of halogens is 3. The summed E-state index contributed by atoms with van der Waals surface area (Å²) in [6.07, 6.45) is 0.634. The van der Waals surface area contributed by atoms with Gasteiger partial charge in [-0.3, -0.25) is 0 Å². The Morgan fingerprint density at radius 3 is 2.50 bits per heavy atom. The van der Waals surface area contributed by atoms with Crippen LogP contribution in [0.1, 0.15) is 26.5 Å². The van der Waals surface area contributed by atoms with E-state index in [0.717, 1.165) is 0 Å². The SMILES string of the molecule is CC(C)(C)Cc1nn(-c2c(F)cccc2Cl)c(N)c1Cl. The molecule has 0 unspecified atom stereocenters. The minimum Gasteiger partial charge on any atom is -0.382 e.